The fraction of sp³-hybridized carbons (Fsp3) is 0.588. The molecule has 1 aromatic rings. The number of hydrogen-bond acceptors (Lipinski definition) is 3. The Labute approximate surface area is 124 Å². The molecule has 4 heteroatoms. The quantitative estimate of drug-likeness (QED) is 0.870. The van der Waals surface area contributed by atoms with Gasteiger partial charge in [0.25, 0.3) is 0 Å². The summed E-state index contributed by atoms with van der Waals surface area (Å²) in [5.41, 5.74) is 2.31. The molecule has 114 valence electrons. The molecule has 0 amide bonds. The molecule has 3 rings (SSSR count). The first-order chi connectivity index (χ1) is 10.1. The van der Waals surface area contributed by atoms with Crippen molar-refractivity contribution in [2.75, 3.05) is 19.7 Å². The SMILES string of the molecule is CCOC(=O)CC1CC2(CCNCC2)c2cc(F)ccc21. The molecular formula is C17H22FNO2. The summed E-state index contributed by atoms with van der Waals surface area (Å²) in [4.78, 5) is 11.8. The highest BCUT2D eigenvalue weighted by Gasteiger charge is 2.44. The number of carbonyl (C=O) groups is 1. The van der Waals surface area contributed by atoms with Crippen molar-refractivity contribution in [1.82, 2.24) is 5.32 Å². The van der Waals surface area contributed by atoms with Crippen LogP contribution >= 0.6 is 0 Å². The van der Waals surface area contributed by atoms with Gasteiger partial charge in [0.2, 0.25) is 0 Å². The van der Waals surface area contributed by atoms with Gasteiger partial charge in [-0.25, -0.2) is 4.39 Å². The van der Waals surface area contributed by atoms with Gasteiger partial charge in [-0.2, -0.15) is 0 Å². The van der Waals surface area contributed by atoms with Crippen LogP contribution in [-0.2, 0) is 14.9 Å². The highest BCUT2D eigenvalue weighted by molar-refractivity contribution is 5.71. The lowest BCUT2D eigenvalue weighted by Crippen LogP contribution is -2.38. The lowest BCUT2D eigenvalue weighted by Gasteiger charge is -2.35. The fourth-order valence-electron chi connectivity index (χ4n) is 4.02. The lowest BCUT2D eigenvalue weighted by atomic mass is 9.73. The van der Waals surface area contributed by atoms with E-state index in [0.717, 1.165) is 43.5 Å². The van der Waals surface area contributed by atoms with E-state index < -0.39 is 0 Å². The average Bonchev–Trinajstić information content (AvgIpc) is 2.73. The van der Waals surface area contributed by atoms with Crippen molar-refractivity contribution in [3.05, 3.63) is 35.1 Å². The minimum Gasteiger partial charge on any atom is -0.466 e. The summed E-state index contributed by atoms with van der Waals surface area (Å²) in [7, 11) is 0. The second kappa shape index (κ2) is 5.76. The van der Waals surface area contributed by atoms with Crippen molar-refractivity contribution in [2.24, 2.45) is 0 Å². The van der Waals surface area contributed by atoms with Gasteiger partial charge in [0.1, 0.15) is 5.82 Å². The number of esters is 1. The van der Waals surface area contributed by atoms with Crippen LogP contribution in [0.4, 0.5) is 4.39 Å². The van der Waals surface area contributed by atoms with E-state index in [1.54, 1.807) is 6.07 Å². The molecule has 1 spiro atoms. The Hall–Kier alpha value is -1.42. The lowest BCUT2D eigenvalue weighted by molar-refractivity contribution is -0.143. The zero-order valence-electron chi connectivity index (χ0n) is 12.5. The summed E-state index contributed by atoms with van der Waals surface area (Å²) in [5.74, 6) is -0.162. The molecule has 1 aromatic carbocycles. The number of carbonyl (C=O) groups excluding carboxylic acids is 1. The van der Waals surface area contributed by atoms with E-state index in [0.29, 0.717) is 13.0 Å². The molecule has 21 heavy (non-hydrogen) atoms. The Morgan fingerprint density at radius 2 is 2.19 bits per heavy atom. The summed E-state index contributed by atoms with van der Waals surface area (Å²) in [6, 6.07) is 5.06. The largest absolute Gasteiger partial charge is 0.466 e. The summed E-state index contributed by atoms with van der Waals surface area (Å²) in [6.07, 6.45) is 3.37. The number of piperidine rings is 1. The molecule has 1 saturated heterocycles. The number of halogens is 1. The molecule has 2 aliphatic rings. The van der Waals surface area contributed by atoms with Crippen LogP contribution in [0.5, 0.6) is 0 Å². The molecule has 1 unspecified atom stereocenters. The maximum absolute atomic E-state index is 13.7. The van der Waals surface area contributed by atoms with Crippen LogP contribution in [0, 0.1) is 5.82 Å². The predicted molar refractivity (Wildman–Crippen MR) is 78.8 cm³/mol. The van der Waals surface area contributed by atoms with Gasteiger partial charge in [-0.05, 0) is 73.9 Å². The van der Waals surface area contributed by atoms with Crippen molar-refractivity contribution < 1.29 is 13.9 Å². The first kappa shape index (κ1) is 14.5. The minimum absolute atomic E-state index is 0.0415. The van der Waals surface area contributed by atoms with E-state index in [2.05, 4.69) is 5.32 Å². The third-order valence-corrected chi connectivity index (χ3v) is 4.94. The monoisotopic (exact) mass is 291 g/mol. The zero-order chi connectivity index (χ0) is 14.9. The molecule has 1 fully saturated rings. The van der Waals surface area contributed by atoms with Gasteiger partial charge < -0.3 is 10.1 Å². The smallest absolute Gasteiger partial charge is 0.306 e. The highest BCUT2D eigenvalue weighted by Crippen LogP contribution is 2.52. The molecular weight excluding hydrogens is 269 g/mol. The molecule has 1 heterocycles. The molecule has 0 saturated carbocycles. The fourth-order valence-corrected chi connectivity index (χ4v) is 4.02. The van der Waals surface area contributed by atoms with Crippen LogP contribution in [0.3, 0.4) is 0 Å². The van der Waals surface area contributed by atoms with Crippen molar-refractivity contribution in [3.8, 4) is 0 Å². The minimum atomic E-state index is -0.177. The van der Waals surface area contributed by atoms with Crippen LogP contribution in [0.15, 0.2) is 18.2 Å². The van der Waals surface area contributed by atoms with Gasteiger partial charge in [0, 0.05) is 0 Å². The summed E-state index contributed by atoms with van der Waals surface area (Å²) in [6.45, 7) is 4.16. The van der Waals surface area contributed by atoms with Crippen LogP contribution in [0.1, 0.15) is 49.7 Å². The van der Waals surface area contributed by atoms with Gasteiger partial charge in [-0.15, -0.1) is 0 Å². The van der Waals surface area contributed by atoms with Crippen molar-refractivity contribution in [2.45, 2.75) is 43.9 Å². The van der Waals surface area contributed by atoms with Crippen LogP contribution in [0.25, 0.3) is 0 Å². The Balaban J connectivity index is 1.91. The van der Waals surface area contributed by atoms with Gasteiger partial charge in [-0.1, -0.05) is 6.07 Å². The predicted octanol–water partition coefficient (Wildman–Crippen LogP) is 2.89. The van der Waals surface area contributed by atoms with Crippen molar-refractivity contribution >= 4 is 5.97 Å². The van der Waals surface area contributed by atoms with E-state index in [4.69, 9.17) is 4.74 Å². The average molecular weight is 291 g/mol. The molecule has 1 N–H and O–H groups in total. The second-order valence-corrected chi connectivity index (χ2v) is 6.17. The van der Waals surface area contributed by atoms with Crippen LogP contribution in [-0.4, -0.2) is 25.7 Å². The summed E-state index contributed by atoms with van der Waals surface area (Å²) < 4.78 is 18.8. The first-order valence-corrected chi connectivity index (χ1v) is 7.81. The van der Waals surface area contributed by atoms with E-state index in [1.807, 2.05) is 13.0 Å². The van der Waals surface area contributed by atoms with Crippen LogP contribution in [0.2, 0.25) is 0 Å². The molecule has 1 aliphatic carbocycles. The Bertz CT molecular complexity index is 538. The van der Waals surface area contributed by atoms with E-state index >= 15 is 0 Å². The molecule has 1 atom stereocenters. The number of hydrogen-bond donors (Lipinski definition) is 1. The molecule has 0 bridgehead atoms. The summed E-state index contributed by atoms with van der Waals surface area (Å²) in [5, 5.41) is 3.37. The topological polar surface area (TPSA) is 38.3 Å². The highest BCUT2D eigenvalue weighted by atomic mass is 19.1. The van der Waals surface area contributed by atoms with Gasteiger partial charge in [0.15, 0.2) is 0 Å². The number of benzene rings is 1. The van der Waals surface area contributed by atoms with Crippen molar-refractivity contribution in [1.29, 1.82) is 0 Å². The standard InChI is InChI=1S/C17H22FNO2/c1-2-21-16(20)9-12-11-17(5-7-19-8-6-17)15-10-13(18)3-4-14(12)15/h3-4,10,12,19H,2,5-9,11H2,1H3. The Morgan fingerprint density at radius 1 is 1.43 bits per heavy atom. The Morgan fingerprint density at radius 3 is 2.90 bits per heavy atom. The number of rotatable bonds is 3. The normalized spacial score (nSPS) is 23.0. The van der Waals surface area contributed by atoms with Gasteiger partial charge in [0.05, 0.1) is 13.0 Å². The number of ether oxygens (including phenoxy) is 1. The Kier molecular flexibility index (Phi) is 3.98. The number of fused-ring (bicyclic) bond motifs is 2. The number of nitrogens with one attached hydrogen (secondary N) is 1. The van der Waals surface area contributed by atoms with Crippen LogP contribution < -0.4 is 5.32 Å². The van der Waals surface area contributed by atoms with Gasteiger partial charge in [-0.3, -0.25) is 4.79 Å². The van der Waals surface area contributed by atoms with E-state index in [-0.39, 0.29) is 23.1 Å². The maximum atomic E-state index is 13.7. The third kappa shape index (κ3) is 2.69. The molecule has 0 radical (unpaired) electrons. The molecule has 1 aliphatic heterocycles. The second-order valence-electron chi connectivity index (χ2n) is 6.17. The van der Waals surface area contributed by atoms with E-state index in [1.165, 1.54) is 6.07 Å². The maximum Gasteiger partial charge on any atom is 0.306 e. The first-order valence-electron chi connectivity index (χ1n) is 7.81. The van der Waals surface area contributed by atoms with E-state index in [9.17, 15) is 9.18 Å². The summed E-state index contributed by atoms with van der Waals surface area (Å²) >= 11 is 0. The third-order valence-electron chi connectivity index (χ3n) is 4.94. The zero-order valence-corrected chi connectivity index (χ0v) is 12.5. The molecule has 0 aromatic heterocycles. The van der Waals surface area contributed by atoms with Gasteiger partial charge >= 0.3 is 5.97 Å². The molecule has 3 nitrogen and oxygen atoms in total. The van der Waals surface area contributed by atoms with Crippen molar-refractivity contribution in [3.63, 3.8) is 0 Å².